The van der Waals surface area contributed by atoms with Gasteiger partial charge in [0.2, 0.25) is 0 Å². The average Bonchev–Trinajstić information content (AvgIpc) is 2.75. The highest BCUT2D eigenvalue weighted by Crippen LogP contribution is 2.10. The zero-order valence-corrected chi connectivity index (χ0v) is 17.4. The molecule has 5 rings (SSSR count). The molecule has 2 heteroatoms. The highest BCUT2D eigenvalue weighted by Gasteiger charge is 2.44. The second-order valence-corrected chi connectivity index (χ2v) is 13.6. The van der Waals surface area contributed by atoms with Gasteiger partial charge in [0.05, 0.1) is 0 Å². The molecule has 0 N–H and O–H groups in total. The van der Waals surface area contributed by atoms with Gasteiger partial charge in [0.25, 0.3) is 0 Å². The van der Waals surface area contributed by atoms with Crippen LogP contribution in [0.1, 0.15) is 0 Å². The molecule has 0 atom stereocenters. The first-order valence-electron chi connectivity index (χ1n) is 9.48. The van der Waals surface area contributed by atoms with Crippen LogP contribution in [0.25, 0.3) is 0 Å². The van der Waals surface area contributed by atoms with Crippen molar-refractivity contribution < 1.29 is 0 Å². The molecule has 0 amide bonds. The van der Waals surface area contributed by atoms with E-state index >= 15 is 0 Å². The van der Waals surface area contributed by atoms with Crippen LogP contribution in [0.5, 0.6) is 0 Å². The van der Waals surface area contributed by atoms with Gasteiger partial charge in [0.15, 0.2) is 8.80 Å². The van der Waals surface area contributed by atoms with E-state index in [4.69, 9.17) is 0 Å². The lowest BCUT2D eigenvalue weighted by Gasteiger charge is -2.40. The second kappa shape index (κ2) is 6.48. The van der Waals surface area contributed by atoms with Crippen molar-refractivity contribution in [1.29, 1.82) is 0 Å². The number of fused-ring (bicyclic) bond motifs is 2. The van der Waals surface area contributed by atoms with Gasteiger partial charge in [-0.1, -0.05) is 131 Å². The van der Waals surface area contributed by atoms with Crippen molar-refractivity contribution in [1.82, 2.24) is 0 Å². The van der Waals surface area contributed by atoms with Gasteiger partial charge in [-0.25, -0.2) is 0 Å². The van der Waals surface area contributed by atoms with Gasteiger partial charge in [0.1, 0.15) is 8.07 Å². The Morgan fingerprint density at radius 1 is 0.519 bits per heavy atom. The lowest BCUT2D eigenvalue weighted by molar-refractivity contribution is 1.67. The molecular formula is C25H21Si2. The quantitative estimate of drug-likeness (QED) is 0.466. The Bertz CT molecular complexity index is 1040. The lowest BCUT2D eigenvalue weighted by atomic mass is 10.3. The maximum atomic E-state index is 2.53. The van der Waals surface area contributed by atoms with Gasteiger partial charge in [-0.3, -0.25) is 0 Å². The molecule has 0 nitrogen and oxygen atoms in total. The van der Waals surface area contributed by atoms with Crippen molar-refractivity contribution in [2.75, 3.05) is 0 Å². The van der Waals surface area contributed by atoms with Crippen LogP contribution in [-0.4, -0.2) is 16.9 Å². The van der Waals surface area contributed by atoms with Crippen LogP contribution in [0.2, 0.25) is 6.55 Å². The monoisotopic (exact) mass is 377 g/mol. The van der Waals surface area contributed by atoms with Gasteiger partial charge in [0, 0.05) is 0 Å². The molecule has 4 aromatic carbocycles. The number of hydrogen-bond acceptors (Lipinski definition) is 0. The topological polar surface area (TPSA) is 0 Å². The first kappa shape index (κ1) is 16.5. The van der Waals surface area contributed by atoms with E-state index in [0.29, 0.717) is 0 Å². The fourth-order valence-corrected chi connectivity index (χ4v) is 13.4. The molecule has 0 saturated heterocycles. The van der Waals surface area contributed by atoms with Crippen LogP contribution >= 0.6 is 0 Å². The summed E-state index contributed by atoms with van der Waals surface area (Å²) in [5.74, 6) is 0. The highest BCUT2D eigenvalue weighted by atomic mass is 28.3. The fourth-order valence-electron chi connectivity index (χ4n) is 4.56. The largest absolute Gasteiger partial charge is 0.154 e. The van der Waals surface area contributed by atoms with Crippen LogP contribution in [-0.2, 0) is 0 Å². The predicted octanol–water partition coefficient (Wildman–Crippen LogP) is 1.62. The minimum absolute atomic E-state index is 0.982. The molecule has 0 aliphatic carbocycles. The van der Waals surface area contributed by atoms with E-state index < -0.39 is 16.9 Å². The molecule has 0 unspecified atom stereocenters. The van der Waals surface area contributed by atoms with Crippen molar-refractivity contribution in [2.45, 2.75) is 6.55 Å². The van der Waals surface area contributed by atoms with E-state index in [9.17, 15) is 0 Å². The van der Waals surface area contributed by atoms with E-state index in [1.54, 1.807) is 20.7 Å². The maximum absolute atomic E-state index is 2.53. The lowest BCUT2D eigenvalue weighted by Crippen LogP contribution is -2.81. The number of benzene rings is 4. The molecule has 1 heterocycles. The van der Waals surface area contributed by atoms with Crippen molar-refractivity contribution in [3.8, 4) is 0 Å². The van der Waals surface area contributed by atoms with E-state index in [2.05, 4.69) is 116 Å². The first-order valence-corrected chi connectivity index (χ1v) is 13.5. The molecule has 1 aliphatic heterocycles. The summed E-state index contributed by atoms with van der Waals surface area (Å²) in [6.07, 6.45) is 0. The van der Waals surface area contributed by atoms with Crippen LogP contribution in [0.4, 0.5) is 0 Å². The van der Waals surface area contributed by atoms with E-state index in [1.165, 1.54) is 10.4 Å². The molecule has 1 radical (unpaired) electrons. The van der Waals surface area contributed by atoms with Crippen LogP contribution in [0.3, 0.4) is 0 Å². The Kier molecular flexibility index (Phi) is 3.96. The average molecular weight is 378 g/mol. The van der Waals surface area contributed by atoms with Crippen molar-refractivity contribution in [3.05, 3.63) is 109 Å². The SMILES string of the molecule is C[Si]1(c2ccccc2)c2ccccc2[Si](c2ccccc2)c2ccccc21. The third-order valence-corrected chi connectivity index (χ3v) is 13.8. The second-order valence-electron chi connectivity index (χ2n) is 7.32. The third-order valence-electron chi connectivity index (χ3n) is 5.88. The minimum Gasteiger partial charge on any atom is -0.0625 e. The Labute approximate surface area is 163 Å². The Morgan fingerprint density at radius 3 is 1.52 bits per heavy atom. The zero-order chi connectivity index (χ0) is 18.3. The maximum Gasteiger partial charge on any atom is 0.154 e. The number of rotatable bonds is 2. The summed E-state index contributed by atoms with van der Waals surface area (Å²) in [5.41, 5.74) is 0. The minimum atomic E-state index is -2.00. The molecule has 4 aromatic rings. The zero-order valence-electron chi connectivity index (χ0n) is 15.4. The fraction of sp³-hybridized carbons (Fsp3) is 0.0400. The summed E-state index contributed by atoms with van der Waals surface area (Å²) in [6.45, 7) is 2.53. The van der Waals surface area contributed by atoms with Gasteiger partial charge < -0.3 is 0 Å². The van der Waals surface area contributed by atoms with E-state index in [1.807, 2.05) is 0 Å². The smallest absolute Gasteiger partial charge is 0.0625 e. The molecular weight excluding hydrogens is 356 g/mol. The van der Waals surface area contributed by atoms with E-state index in [-0.39, 0.29) is 0 Å². The highest BCUT2D eigenvalue weighted by molar-refractivity contribution is 7.19. The Hall–Kier alpha value is -2.69. The van der Waals surface area contributed by atoms with Crippen molar-refractivity contribution >= 4 is 48.0 Å². The first-order chi connectivity index (χ1) is 13.3. The summed E-state index contributed by atoms with van der Waals surface area (Å²) in [7, 11) is -2.98. The van der Waals surface area contributed by atoms with Crippen LogP contribution in [0, 0.1) is 0 Å². The molecule has 1 aliphatic rings. The molecule has 129 valence electrons. The molecule has 0 fully saturated rings. The van der Waals surface area contributed by atoms with Crippen molar-refractivity contribution in [3.63, 3.8) is 0 Å². The Balaban J connectivity index is 1.86. The third kappa shape index (κ3) is 2.48. The van der Waals surface area contributed by atoms with Crippen LogP contribution in [0.15, 0.2) is 109 Å². The summed E-state index contributed by atoms with van der Waals surface area (Å²) in [5, 5.41) is 9.31. The van der Waals surface area contributed by atoms with Gasteiger partial charge in [-0.15, -0.1) is 0 Å². The predicted molar refractivity (Wildman–Crippen MR) is 121 cm³/mol. The Morgan fingerprint density at radius 2 is 0.963 bits per heavy atom. The van der Waals surface area contributed by atoms with Gasteiger partial charge >= 0.3 is 0 Å². The molecule has 0 bridgehead atoms. The molecule has 27 heavy (non-hydrogen) atoms. The van der Waals surface area contributed by atoms with Crippen LogP contribution < -0.4 is 31.1 Å². The normalized spacial score (nSPS) is 15.0. The standard InChI is InChI=1S/C25H21Si2/c1-27(21-14-6-3-7-15-21)24-18-10-8-16-22(24)26(20-12-4-2-5-13-20)23-17-9-11-19-25(23)27/h2-19H,1H3. The summed E-state index contributed by atoms with van der Waals surface area (Å²) < 4.78 is 0. The van der Waals surface area contributed by atoms with Gasteiger partial charge in [-0.05, 0) is 15.6 Å². The molecule has 0 aromatic heterocycles. The summed E-state index contributed by atoms with van der Waals surface area (Å²) in [6, 6.07) is 40.8. The van der Waals surface area contributed by atoms with E-state index in [0.717, 1.165) is 0 Å². The summed E-state index contributed by atoms with van der Waals surface area (Å²) in [4.78, 5) is 0. The summed E-state index contributed by atoms with van der Waals surface area (Å²) >= 11 is 0. The number of hydrogen-bond donors (Lipinski definition) is 0. The molecule has 0 saturated carbocycles. The van der Waals surface area contributed by atoms with Crippen molar-refractivity contribution in [2.24, 2.45) is 0 Å². The molecule has 0 spiro atoms. The van der Waals surface area contributed by atoms with Gasteiger partial charge in [-0.2, -0.15) is 0 Å².